The maximum atomic E-state index is 12.5. The molecule has 0 fully saturated rings. The number of ether oxygens (including phenoxy) is 2. The van der Waals surface area contributed by atoms with Crippen LogP contribution in [0.25, 0.3) is 0 Å². The Bertz CT molecular complexity index is 1020. The second-order valence-electron chi connectivity index (χ2n) is 5.36. The smallest absolute Gasteiger partial charge is 0.335 e. The minimum atomic E-state index is -4.45. The summed E-state index contributed by atoms with van der Waals surface area (Å²) < 4.78 is 38.3. The summed E-state index contributed by atoms with van der Waals surface area (Å²) in [5, 5.41) is 2.16. The molecule has 0 saturated heterocycles. The van der Waals surface area contributed by atoms with E-state index in [4.69, 9.17) is 9.47 Å². The van der Waals surface area contributed by atoms with Gasteiger partial charge in [-0.15, -0.1) is 0 Å². The van der Waals surface area contributed by atoms with E-state index in [0.717, 1.165) is 6.07 Å². The van der Waals surface area contributed by atoms with Crippen LogP contribution in [0.5, 0.6) is 11.8 Å². The number of aryl methyl sites for hydroxylation is 1. The first-order chi connectivity index (χ1) is 13.2. The van der Waals surface area contributed by atoms with Crippen LogP contribution in [0.4, 0.5) is 10.7 Å². The number of carbonyl (C=O) groups is 1. The topological polar surface area (TPSA) is 142 Å². The maximum Gasteiger partial charge on any atom is 0.335 e. The number of methoxy groups -OCH3 is 2. The third-order valence-electron chi connectivity index (χ3n) is 3.32. The minimum Gasteiger partial charge on any atom is -0.481 e. The Balaban J connectivity index is 2.28. The van der Waals surface area contributed by atoms with Gasteiger partial charge in [0.2, 0.25) is 17.7 Å². The number of amides is 2. The molecule has 2 heterocycles. The van der Waals surface area contributed by atoms with Crippen LogP contribution in [-0.2, 0) is 16.6 Å². The molecule has 0 aliphatic carbocycles. The van der Waals surface area contributed by atoms with Gasteiger partial charge in [0.1, 0.15) is 0 Å². The second kappa shape index (κ2) is 9.01. The van der Waals surface area contributed by atoms with Crippen molar-refractivity contribution in [1.29, 1.82) is 0 Å². The number of hydrogen-bond donors (Lipinski definition) is 2. The van der Waals surface area contributed by atoms with Crippen LogP contribution in [-0.4, -0.2) is 43.2 Å². The lowest BCUT2D eigenvalue weighted by Crippen LogP contribution is -2.38. The molecule has 0 spiro atoms. The van der Waals surface area contributed by atoms with Gasteiger partial charge >= 0.3 is 6.03 Å². The van der Waals surface area contributed by atoms with Crippen molar-refractivity contribution >= 4 is 37.9 Å². The molecule has 2 amide bonds. The van der Waals surface area contributed by atoms with E-state index in [-0.39, 0.29) is 17.7 Å². The Labute approximate surface area is 169 Å². The van der Waals surface area contributed by atoms with Gasteiger partial charge in [-0.25, -0.2) is 17.9 Å². The molecule has 2 aromatic rings. The third-order valence-corrected chi connectivity index (χ3v) is 5.08. The first-order valence-corrected chi connectivity index (χ1v) is 10.2. The molecular formula is C15H18BrN5O6S. The molecule has 0 atom stereocenters. The van der Waals surface area contributed by atoms with E-state index in [1.54, 1.807) is 4.72 Å². The predicted octanol–water partition coefficient (Wildman–Crippen LogP) is 1.34. The lowest BCUT2D eigenvalue weighted by Gasteiger charge is -2.11. The largest absolute Gasteiger partial charge is 0.481 e. The summed E-state index contributed by atoms with van der Waals surface area (Å²) in [7, 11) is -1.74. The van der Waals surface area contributed by atoms with E-state index in [0.29, 0.717) is 17.4 Å². The van der Waals surface area contributed by atoms with Crippen molar-refractivity contribution in [3.8, 4) is 11.8 Å². The number of urea groups is 1. The van der Waals surface area contributed by atoms with Gasteiger partial charge in [0.15, 0.2) is 4.90 Å². The van der Waals surface area contributed by atoms with Crippen molar-refractivity contribution in [2.75, 3.05) is 19.5 Å². The lowest BCUT2D eigenvalue weighted by atomic mass is 10.4. The molecule has 0 radical (unpaired) electrons. The predicted molar refractivity (Wildman–Crippen MR) is 103 cm³/mol. The summed E-state index contributed by atoms with van der Waals surface area (Å²) in [6, 6.07) is 1.34. The minimum absolute atomic E-state index is 0.0967. The number of anilines is 1. The van der Waals surface area contributed by atoms with Crippen LogP contribution >= 0.6 is 15.9 Å². The Morgan fingerprint density at radius 1 is 1.21 bits per heavy atom. The fourth-order valence-corrected chi connectivity index (χ4v) is 3.81. The summed E-state index contributed by atoms with van der Waals surface area (Å²) in [6.45, 7) is 2.17. The van der Waals surface area contributed by atoms with E-state index >= 15 is 0 Å². The molecule has 0 unspecified atom stereocenters. The van der Waals surface area contributed by atoms with E-state index < -0.39 is 26.5 Å². The highest BCUT2D eigenvalue weighted by molar-refractivity contribution is 9.10. The van der Waals surface area contributed by atoms with Crippen LogP contribution in [0.3, 0.4) is 0 Å². The Hall–Kier alpha value is -2.67. The van der Waals surface area contributed by atoms with Gasteiger partial charge in [0, 0.05) is 17.2 Å². The van der Waals surface area contributed by atoms with Gasteiger partial charge in [-0.3, -0.25) is 10.1 Å². The zero-order chi connectivity index (χ0) is 20.9. The van der Waals surface area contributed by atoms with Crippen LogP contribution in [0.1, 0.15) is 13.3 Å². The summed E-state index contributed by atoms with van der Waals surface area (Å²) in [6.07, 6.45) is 2.10. The maximum absolute atomic E-state index is 12.5. The van der Waals surface area contributed by atoms with Crippen LogP contribution < -0.4 is 25.1 Å². The average molecular weight is 476 g/mol. The number of carbonyl (C=O) groups excluding carboxylic acids is 1. The molecule has 11 nitrogen and oxygen atoms in total. The number of nitrogens with zero attached hydrogens (tertiary/aromatic N) is 3. The fraction of sp³-hybridized carbons (Fsp3) is 0.333. The number of nitrogens with one attached hydrogen (secondary N) is 2. The molecular weight excluding hydrogens is 458 g/mol. The number of hydrogen-bond acceptors (Lipinski definition) is 8. The normalized spacial score (nSPS) is 11.0. The first kappa shape index (κ1) is 21.6. The molecule has 2 rings (SSSR count). The molecule has 0 bridgehead atoms. The van der Waals surface area contributed by atoms with Crippen molar-refractivity contribution < 1.29 is 22.7 Å². The van der Waals surface area contributed by atoms with Crippen molar-refractivity contribution in [3.05, 3.63) is 33.2 Å². The van der Waals surface area contributed by atoms with Gasteiger partial charge in [-0.05, 0) is 28.4 Å². The monoisotopic (exact) mass is 475 g/mol. The number of aromatic nitrogens is 3. The summed E-state index contributed by atoms with van der Waals surface area (Å²) in [4.78, 5) is 31.7. The van der Waals surface area contributed by atoms with Crippen molar-refractivity contribution in [2.45, 2.75) is 24.8 Å². The van der Waals surface area contributed by atoms with Gasteiger partial charge in [0.05, 0.1) is 20.3 Å². The standard InChI is InChI=1S/C15H18BrN5O6S/c1-4-5-21-8-9(16)6-10(13(21)22)28(24,25)20-15(23)19-14-17-11(26-2)7-12(18-14)27-3/h6-8H,4-5H2,1-3H3,(H2,17,18,19,20,23). The van der Waals surface area contributed by atoms with Crippen LogP contribution in [0.15, 0.2) is 32.5 Å². The molecule has 0 aliphatic rings. The van der Waals surface area contributed by atoms with Crippen LogP contribution in [0, 0.1) is 0 Å². The molecule has 13 heteroatoms. The van der Waals surface area contributed by atoms with Gasteiger partial charge in [-0.2, -0.15) is 9.97 Å². The van der Waals surface area contributed by atoms with Gasteiger partial charge in [0.25, 0.3) is 15.6 Å². The Kier molecular flexibility index (Phi) is 6.96. The first-order valence-electron chi connectivity index (χ1n) is 7.91. The quantitative estimate of drug-likeness (QED) is 0.610. The highest BCUT2D eigenvalue weighted by atomic mass is 79.9. The summed E-state index contributed by atoms with van der Waals surface area (Å²) in [5.41, 5.74) is -0.746. The van der Waals surface area contributed by atoms with Gasteiger partial charge < -0.3 is 14.0 Å². The van der Waals surface area contributed by atoms with Crippen molar-refractivity contribution in [3.63, 3.8) is 0 Å². The number of rotatable bonds is 7. The SMILES string of the molecule is CCCn1cc(Br)cc(S(=O)(=O)NC(=O)Nc2nc(OC)cc(OC)n2)c1=O. The molecule has 28 heavy (non-hydrogen) atoms. The second-order valence-corrected chi connectivity index (χ2v) is 7.92. The summed E-state index contributed by atoms with van der Waals surface area (Å²) >= 11 is 3.16. The van der Waals surface area contributed by atoms with E-state index in [9.17, 15) is 18.0 Å². The fourth-order valence-electron chi connectivity index (χ4n) is 2.15. The van der Waals surface area contributed by atoms with Gasteiger partial charge in [-0.1, -0.05) is 6.92 Å². The number of pyridine rings is 1. The Morgan fingerprint density at radius 3 is 2.36 bits per heavy atom. The molecule has 0 aromatic carbocycles. The molecule has 0 saturated carbocycles. The van der Waals surface area contributed by atoms with Crippen molar-refractivity contribution in [2.24, 2.45) is 0 Å². The highest BCUT2D eigenvalue weighted by Crippen LogP contribution is 2.17. The molecule has 2 aromatic heterocycles. The highest BCUT2D eigenvalue weighted by Gasteiger charge is 2.23. The van der Waals surface area contributed by atoms with E-state index in [1.807, 2.05) is 6.92 Å². The van der Waals surface area contributed by atoms with Crippen LogP contribution in [0.2, 0.25) is 0 Å². The molecule has 2 N–H and O–H groups in total. The van der Waals surface area contributed by atoms with E-state index in [2.05, 4.69) is 31.2 Å². The third kappa shape index (κ3) is 5.19. The Morgan fingerprint density at radius 2 is 1.82 bits per heavy atom. The van der Waals surface area contributed by atoms with E-state index in [1.165, 1.54) is 31.0 Å². The number of sulfonamides is 1. The van der Waals surface area contributed by atoms with Crippen molar-refractivity contribution in [1.82, 2.24) is 19.3 Å². The summed E-state index contributed by atoms with van der Waals surface area (Å²) in [5.74, 6) is -0.0552. The lowest BCUT2D eigenvalue weighted by molar-refractivity contribution is 0.256. The number of halogens is 1. The zero-order valence-electron chi connectivity index (χ0n) is 15.2. The molecule has 152 valence electrons. The molecule has 0 aliphatic heterocycles. The zero-order valence-corrected chi connectivity index (χ0v) is 17.6. The average Bonchev–Trinajstić information content (AvgIpc) is 2.63.